The van der Waals surface area contributed by atoms with Crippen molar-refractivity contribution >= 4 is 17.5 Å². The molecule has 1 aliphatic carbocycles. The van der Waals surface area contributed by atoms with Crippen molar-refractivity contribution < 1.29 is 14.3 Å². The molecule has 0 saturated heterocycles. The summed E-state index contributed by atoms with van der Waals surface area (Å²) in [6.45, 7) is 3.89. The van der Waals surface area contributed by atoms with Crippen LogP contribution in [0.3, 0.4) is 0 Å². The molecule has 148 valence electrons. The zero-order chi connectivity index (χ0) is 20.1. The third kappa shape index (κ3) is 4.76. The molecule has 0 bridgehead atoms. The van der Waals surface area contributed by atoms with E-state index in [1.54, 1.807) is 37.3 Å². The van der Waals surface area contributed by atoms with Gasteiger partial charge in [-0.1, -0.05) is 0 Å². The first-order valence-corrected chi connectivity index (χ1v) is 9.34. The molecule has 0 aliphatic heterocycles. The third-order valence-corrected chi connectivity index (χ3v) is 4.60. The minimum atomic E-state index is -0.716. The number of rotatable bonds is 7. The van der Waals surface area contributed by atoms with Crippen molar-refractivity contribution in [2.45, 2.75) is 39.2 Å². The number of nitrogens with one attached hydrogen (secondary N) is 2. The van der Waals surface area contributed by atoms with Gasteiger partial charge >= 0.3 is 0 Å². The highest BCUT2D eigenvalue weighted by Crippen LogP contribution is 2.19. The molecule has 1 atom stereocenters. The number of benzene rings is 1. The number of amides is 2. The smallest absolute Gasteiger partial charge is 0.267 e. The van der Waals surface area contributed by atoms with Gasteiger partial charge in [0.15, 0.2) is 0 Å². The van der Waals surface area contributed by atoms with Crippen LogP contribution in [-0.4, -0.2) is 34.7 Å². The second kappa shape index (κ2) is 8.69. The Bertz CT molecular complexity index is 921. The van der Waals surface area contributed by atoms with E-state index in [1.807, 2.05) is 0 Å². The van der Waals surface area contributed by atoms with Gasteiger partial charge < -0.3 is 15.4 Å². The molecular formula is C20H24N4O4. The Morgan fingerprint density at radius 2 is 2.00 bits per heavy atom. The lowest BCUT2D eigenvalue weighted by molar-refractivity contribution is -0.119. The lowest BCUT2D eigenvalue weighted by Crippen LogP contribution is -2.33. The molecule has 1 aliphatic rings. The summed E-state index contributed by atoms with van der Waals surface area (Å²) in [6.07, 6.45) is 2.71. The third-order valence-electron chi connectivity index (χ3n) is 4.60. The van der Waals surface area contributed by atoms with Crippen LogP contribution in [0.25, 0.3) is 0 Å². The van der Waals surface area contributed by atoms with Gasteiger partial charge in [-0.25, -0.2) is 4.68 Å². The van der Waals surface area contributed by atoms with Crippen LogP contribution >= 0.6 is 0 Å². The summed E-state index contributed by atoms with van der Waals surface area (Å²) in [7, 11) is 0. The summed E-state index contributed by atoms with van der Waals surface area (Å²) >= 11 is 0. The molecule has 3 rings (SSSR count). The molecule has 2 N–H and O–H groups in total. The molecule has 1 aromatic carbocycles. The zero-order valence-electron chi connectivity index (χ0n) is 16.0. The van der Waals surface area contributed by atoms with Crippen LogP contribution in [-0.2, 0) is 22.4 Å². The molecule has 8 nitrogen and oxygen atoms in total. The van der Waals surface area contributed by atoms with E-state index in [1.165, 1.54) is 11.6 Å². The second-order valence-corrected chi connectivity index (χ2v) is 6.77. The molecule has 2 amide bonds. The molecule has 0 radical (unpaired) electrons. The maximum atomic E-state index is 12.5. The first-order valence-electron chi connectivity index (χ1n) is 9.34. The second-order valence-electron chi connectivity index (χ2n) is 6.77. The van der Waals surface area contributed by atoms with Crippen LogP contribution in [0.2, 0.25) is 0 Å². The molecule has 0 saturated carbocycles. The Morgan fingerprint density at radius 1 is 1.25 bits per heavy atom. The van der Waals surface area contributed by atoms with Crippen molar-refractivity contribution in [1.82, 2.24) is 15.1 Å². The normalized spacial score (nSPS) is 13.5. The molecule has 0 spiro atoms. The number of carbonyl (C=O) groups excluding carboxylic acids is 2. The Kier molecular flexibility index (Phi) is 6.08. The number of hydrogen-bond acceptors (Lipinski definition) is 5. The fourth-order valence-electron chi connectivity index (χ4n) is 3.08. The topological polar surface area (TPSA) is 102 Å². The largest absolute Gasteiger partial charge is 0.492 e. The number of ether oxygens (including phenoxy) is 1. The van der Waals surface area contributed by atoms with Crippen LogP contribution in [0.15, 0.2) is 35.1 Å². The minimum Gasteiger partial charge on any atom is -0.492 e. The number of aromatic nitrogens is 2. The van der Waals surface area contributed by atoms with Crippen molar-refractivity contribution in [3.63, 3.8) is 0 Å². The highest BCUT2D eigenvalue weighted by Gasteiger charge is 2.21. The molecular weight excluding hydrogens is 360 g/mol. The van der Waals surface area contributed by atoms with Crippen molar-refractivity contribution in [1.29, 1.82) is 0 Å². The summed E-state index contributed by atoms with van der Waals surface area (Å²) in [5, 5.41) is 9.82. The van der Waals surface area contributed by atoms with Crippen LogP contribution < -0.4 is 20.9 Å². The molecule has 28 heavy (non-hydrogen) atoms. The van der Waals surface area contributed by atoms with E-state index in [4.69, 9.17) is 4.74 Å². The van der Waals surface area contributed by atoms with E-state index < -0.39 is 6.04 Å². The van der Waals surface area contributed by atoms with Gasteiger partial charge in [0.2, 0.25) is 11.8 Å². The highest BCUT2D eigenvalue weighted by molar-refractivity contribution is 5.93. The molecule has 1 unspecified atom stereocenters. The summed E-state index contributed by atoms with van der Waals surface area (Å²) in [6, 6.07) is 7.77. The van der Waals surface area contributed by atoms with Crippen molar-refractivity contribution in [3.8, 4) is 5.75 Å². The number of aryl methyl sites for hydroxylation is 2. The Hall–Kier alpha value is -3.16. The van der Waals surface area contributed by atoms with Gasteiger partial charge in [0.1, 0.15) is 18.4 Å². The highest BCUT2D eigenvalue weighted by atomic mass is 16.5. The lowest BCUT2D eigenvalue weighted by atomic mass is 10.2. The van der Waals surface area contributed by atoms with Gasteiger partial charge in [-0.15, -0.1) is 0 Å². The summed E-state index contributed by atoms with van der Waals surface area (Å²) < 4.78 is 6.76. The van der Waals surface area contributed by atoms with Crippen molar-refractivity contribution in [3.05, 3.63) is 51.9 Å². The Balaban J connectivity index is 1.58. The standard InChI is InChI=1S/C20H24N4O4/c1-13(24-19(26)12-15-4-3-5-18(15)23-24)20(27)22-16-6-8-17(9-7-16)28-11-10-21-14(2)25/h6-9,12-13H,3-5,10-11H2,1-2H3,(H,21,25)(H,22,27). The molecule has 2 aromatic rings. The van der Waals surface area contributed by atoms with E-state index in [0.29, 0.717) is 24.6 Å². The zero-order valence-corrected chi connectivity index (χ0v) is 16.0. The van der Waals surface area contributed by atoms with E-state index in [2.05, 4.69) is 15.7 Å². The van der Waals surface area contributed by atoms with Gasteiger partial charge in [0.05, 0.1) is 12.2 Å². The fraction of sp³-hybridized carbons (Fsp3) is 0.400. The fourth-order valence-corrected chi connectivity index (χ4v) is 3.08. The monoisotopic (exact) mass is 384 g/mol. The average molecular weight is 384 g/mol. The lowest BCUT2D eigenvalue weighted by Gasteiger charge is -2.15. The van der Waals surface area contributed by atoms with Crippen molar-refractivity contribution in [2.24, 2.45) is 0 Å². The van der Waals surface area contributed by atoms with Gasteiger partial charge in [-0.3, -0.25) is 14.4 Å². The number of fused-ring (bicyclic) bond motifs is 1. The molecule has 1 heterocycles. The summed E-state index contributed by atoms with van der Waals surface area (Å²) in [5.74, 6) is 0.215. The first-order chi connectivity index (χ1) is 13.4. The number of carbonyl (C=O) groups is 2. The van der Waals surface area contributed by atoms with Crippen LogP contribution in [0.5, 0.6) is 5.75 Å². The van der Waals surface area contributed by atoms with Crippen LogP contribution in [0.1, 0.15) is 37.6 Å². The van der Waals surface area contributed by atoms with Gasteiger partial charge in [0, 0.05) is 18.7 Å². The molecule has 8 heteroatoms. The van der Waals surface area contributed by atoms with E-state index in [0.717, 1.165) is 30.5 Å². The maximum Gasteiger partial charge on any atom is 0.267 e. The molecule has 0 fully saturated rings. The Labute approximate surface area is 162 Å². The van der Waals surface area contributed by atoms with E-state index in [-0.39, 0.29) is 17.4 Å². The van der Waals surface area contributed by atoms with Gasteiger partial charge in [0.25, 0.3) is 5.56 Å². The van der Waals surface area contributed by atoms with Crippen LogP contribution in [0.4, 0.5) is 5.69 Å². The Morgan fingerprint density at radius 3 is 2.71 bits per heavy atom. The first kappa shape index (κ1) is 19.6. The van der Waals surface area contributed by atoms with Gasteiger partial charge in [-0.2, -0.15) is 5.10 Å². The average Bonchev–Trinajstić information content (AvgIpc) is 3.12. The number of anilines is 1. The predicted octanol–water partition coefficient (Wildman–Crippen LogP) is 1.45. The summed E-state index contributed by atoms with van der Waals surface area (Å²) in [5.41, 5.74) is 2.23. The number of hydrogen-bond donors (Lipinski definition) is 2. The quantitative estimate of drug-likeness (QED) is 0.704. The molecule has 1 aromatic heterocycles. The minimum absolute atomic E-state index is 0.104. The maximum absolute atomic E-state index is 12.5. The van der Waals surface area contributed by atoms with Gasteiger partial charge in [-0.05, 0) is 56.0 Å². The number of nitrogens with zero attached hydrogens (tertiary/aromatic N) is 2. The van der Waals surface area contributed by atoms with Crippen LogP contribution in [0, 0.1) is 0 Å². The van der Waals surface area contributed by atoms with E-state index in [9.17, 15) is 14.4 Å². The SMILES string of the molecule is CC(=O)NCCOc1ccc(NC(=O)C(C)n2nc3c(cc2=O)CCC3)cc1. The summed E-state index contributed by atoms with van der Waals surface area (Å²) in [4.78, 5) is 35.6. The van der Waals surface area contributed by atoms with Crippen molar-refractivity contribution in [2.75, 3.05) is 18.5 Å². The predicted molar refractivity (Wildman–Crippen MR) is 104 cm³/mol. The van der Waals surface area contributed by atoms with E-state index >= 15 is 0 Å².